The van der Waals surface area contributed by atoms with Crippen LogP contribution in [0.5, 0.6) is 0 Å². The minimum Gasteiger partial charge on any atom is -0.356 e. The van der Waals surface area contributed by atoms with Crippen molar-refractivity contribution in [2.75, 3.05) is 11.9 Å². The normalized spacial score (nSPS) is 16.1. The molecule has 0 saturated heterocycles. The van der Waals surface area contributed by atoms with Gasteiger partial charge < -0.3 is 9.88 Å². The van der Waals surface area contributed by atoms with Crippen molar-refractivity contribution in [2.24, 2.45) is 14.1 Å². The summed E-state index contributed by atoms with van der Waals surface area (Å²) in [6, 6.07) is 0. The van der Waals surface area contributed by atoms with Crippen molar-refractivity contribution in [3.05, 3.63) is 20.8 Å². The van der Waals surface area contributed by atoms with E-state index in [1.165, 1.54) is 18.0 Å². The van der Waals surface area contributed by atoms with E-state index in [-0.39, 0.29) is 11.2 Å². The molecule has 0 aliphatic carbocycles. The molecule has 0 unspecified atom stereocenters. The number of anilines is 1. The van der Waals surface area contributed by atoms with Crippen LogP contribution in [0.25, 0.3) is 11.2 Å². The van der Waals surface area contributed by atoms with Gasteiger partial charge in [-0.1, -0.05) is 12.8 Å². The lowest BCUT2D eigenvalue weighted by molar-refractivity contribution is 0.601. The first kappa shape index (κ1) is 13.0. The van der Waals surface area contributed by atoms with Crippen molar-refractivity contribution in [3.63, 3.8) is 0 Å². The highest BCUT2D eigenvalue weighted by molar-refractivity contribution is 5.74. The number of nitrogens with one attached hydrogen (secondary N) is 1. The first-order valence-electron chi connectivity index (χ1n) is 7.01. The minimum absolute atomic E-state index is 0.275. The Hall–Kier alpha value is -2.05. The van der Waals surface area contributed by atoms with Gasteiger partial charge in [0.2, 0.25) is 5.95 Å². The summed E-state index contributed by atoms with van der Waals surface area (Å²) in [5.74, 6) is 0.695. The molecule has 0 radical (unpaired) electrons. The molecular weight excluding hydrogens is 258 g/mol. The number of hydrogen-bond donors (Lipinski definition) is 1. The van der Waals surface area contributed by atoms with Gasteiger partial charge in [0.1, 0.15) is 0 Å². The van der Waals surface area contributed by atoms with Crippen LogP contribution in [0.3, 0.4) is 0 Å². The van der Waals surface area contributed by atoms with Crippen LogP contribution in [-0.4, -0.2) is 25.2 Å². The highest BCUT2D eigenvalue weighted by Crippen LogP contribution is 2.18. The molecular formula is C13H19N5O2. The lowest BCUT2D eigenvalue weighted by Gasteiger charge is -2.08. The highest BCUT2D eigenvalue weighted by atomic mass is 16.2. The minimum atomic E-state index is -0.342. The molecule has 0 saturated carbocycles. The average Bonchev–Trinajstić information content (AvgIpc) is 2.84. The second-order valence-corrected chi connectivity index (χ2v) is 5.31. The van der Waals surface area contributed by atoms with E-state index in [2.05, 4.69) is 10.3 Å². The summed E-state index contributed by atoms with van der Waals surface area (Å²) in [5.41, 5.74) is 0.355. The lowest BCUT2D eigenvalue weighted by Crippen LogP contribution is -2.37. The fourth-order valence-electron chi connectivity index (χ4n) is 2.75. The van der Waals surface area contributed by atoms with E-state index in [1.54, 1.807) is 7.05 Å². The Morgan fingerprint density at radius 1 is 1.05 bits per heavy atom. The molecule has 20 heavy (non-hydrogen) atoms. The number of imidazole rings is 1. The summed E-state index contributed by atoms with van der Waals surface area (Å²) < 4.78 is 4.50. The van der Waals surface area contributed by atoms with Gasteiger partial charge in [-0.15, -0.1) is 0 Å². The van der Waals surface area contributed by atoms with Crippen molar-refractivity contribution in [3.8, 4) is 0 Å². The molecule has 0 aromatic carbocycles. The first-order valence-corrected chi connectivity index (χ1v) is 7.01. The average molecular weight is 277 g/mol. The second kappa shape index (κ2) is 4.81. The van der Waals surface area contributed by atoms with E-state index in [9.17, 15) is 9.59 Å². The van der Waals surface area contributed by atoms with Gasteiger partial charge in [0.15, 0.2) is 11.2 Å². The Morgan fingerprint density at radius 2 is 1.80 bits per heavy atom. The molecule has 7 nitrogen and oxygen atoms in total. The summed E-state index contributed by atoms with van der Waals surface area (Å²) in [5, 5.41) is 3.28. The topological polar surface area (TPSA) is 73.8 Å². The van der Waals surface area contributed by atoms with E-state index in [1.807, 2.05) is 4.57 Å². The van der Waals surface area contributed by atoms with E-state index in [0.29, 0.717) is 17.1 Å². The molecule has 108 valence electrons. The third kappa shape index (κ3) is 1.85. The Labute approximate surface area is 115 Å². The molecule has 2 aromatic rings. The van der Waals surface area contributed by atoms with Gasteiger partial charge in [0.05, 0.1) is 0 Å². The van der Waals surface area contributed by atoms with Crippen LogP contribution in [0.4, 0.5) is 5.95 Å². The molecule has 3 rings (SSSR count). The molecule has 0 bridgehead atoms. The Morgan fingerprint density at radius 3 is 2.60 bits per heavy atom. The largest absolute Gasteiger partial charge is 0.356 e. The molecule has 1 aliphatic heterocycles. The van der Waals surface area contributed by atoms with Crippen LogP contribution >= 0.6 is 0 Å². The van der Waals surface area contributed by atoms with Gasteiger partial charge in [-0.2, -0.15) is 4.98 Å². The van der Waals surface area contributed by atoms with Gasteiger partial charge in [-0.3, -0.25) is 13.9 Å². The Bertz CT molecular complexity index is 768. The first-order chi connectivity index (χ1) is 9.61. The number of nitrogens with zero attached hydrogens (tertiary/aromatic N) is 4. The molecule has 1 aliphatic rings. The van der Waals surface area contributed by atoms with Crippen LogP contribution in [-0.2, 0) is 20.6 Å². The fraction of sp³-hybridized carbons (Fsp3) is 0.615. The van der Waals surface area contributed by atoms with Crippen LogP contribution in [0.2, 0.25) is 0 Å². The van der Waals surface area contributed by atoms with Gasteiger partial charge >= 0.3 is 5.69 Å². The van der Waals surface area contributed by atoms with Crippen LogP contribution in [0, 0.1) is 0 Å². The number of fused-ring (bicyclic) bond motifs is 3. The second-order valence-electron chi connectivity index (χ2n) is 5.31. The van der Waals surface area contributed by atoms with Crippen molar-refractivity contribution in [1.82, 2.24) is 18.7 Å². The van der Waals surface area contributed by atoms with Crippen LogP contribution in [0.15, 0.2) is 9.59 Å². The number of aryl methyl sites for hydroxylation is 2. The van der Waals surface area contributed by atoms with Crippen molar-refractivity contribution in [2.45, 2.75) is 32.2 Å². The van der Waals surface area contributed by atoms with E-state index >= 15 is 0 Å². The Kier molecular flexibility index (Phi) is 3.11. The smallest absolute Gasteiger partial charge is 0.332 e. The maximum atomic E-state index is 12.4. The van der Waals surface area contributed by atoms with Gasteiger partial charge in [0.25, 0.3) is 5.56 Å². The number of rotatable bonds is 0. The summed E-state index contributed by atoms with van der Waals surface area (Å²) in [4.78, 5) is 28.8. The standard InChI is InChI=1S/C13H19N5O2/c1-16-10-9(11(19)17(2)13(16)20)18-8-6-4-3-5-7-14-12(18)15-10/h3-8H2,1-2H3,(H,14,15). The predicted octanol–water partition coefficient (Wildman–Crippen LogP) is 0.420. The molecule has 3 heterocycles. The quantitative estimate of drug-likeness (QED) is 0.757. The molecule has 2 aromatic heterocycles. The Balaban J connectivity index is 2.32. The monoisotopic (exact) mass is 277 g/mol. The third-order valence-electron chi connectivity index (χ3n) is 3.94. The fourth-order valence-corrected chi connectivity index (χ4v) is 2.75. The summed E-state index contributed by atoms with van der Waals surface area (Å²) in [6.07, 6.45) is 4.45. The molecule has 0 atom stereocenters. The van der Waals surface area contributed by atoms with Crippen LogP contribution in [0.1, 0.15) is 25.7 Å². The molecule has 7 heteroatoms. The zero-order valence-corrected chi connectivity index (χ0v) is 11.8. The molecule has 0 amide bonds. The van der Waals surface area contributed by atoms with Crippen molar-refractivity contribution < 1.29 is 0 Å². The van der Waals surface area contributed by atoms with Crippen molar-refractivity contribution in [1.29, 1.82) is 0 Å². The maximum Gasteiger partial charge on any atom is 0.332 e. The van der Waals surface area contributed by atoms with Gasteiger partial charge in [-0.25, -0.2) is 4.79 Å². The van der Waals surface area contributed by atoms with Gasteiger partial charge in [0, 0.05) is 27.2 Å². The maximum absolute atomic E-state index is 12.4. The highest BCUT2D eigenvalue weighted by Gasteiger charge is 2.19. The molecule has 0 spiro atoms. The lowest BCUT2D eigenvalue weighted by atomic mass is 10.2. The summed E-state index contributed by atoms with van der Waals surface area (Å²) >= 11 is 0. The van der Waals surface area contributed by atoms with Gasteiger partial charge in [-0.05, 0) is 12.8 Å². The van der Waals surface area contributed by atoms with E-state index in [0.717, 1.165) is 36.9 Å². The molecule has 1 N–H and O–H groups in total. The zero-order valence-electron chi connectivity index (χ0n) is 11.8. The number of aromatic nitrogens is 4. The zero-order chi connectivity index (χ0) is 14.3. The summed E-state index contributed by atoms with van der Waals surface area (Å²) in [6.45, 7) is 1.60. The predicted molar refractivity (Wildman–Crippen MR) is 77.2 cm³/mol. The third-order valence-corrected chi connectivity index (χ3v) is 3.94. The number of hydrogen-bond acceptors (Lipinski definition) is 4. The van der Waals surface area contributed by atoms with Crippen LogP contribution < -0.4 is 16.6 Å². The molecule has 0 fully saturated rings. The SMILES string of the molecule is Cn1c(=O)c2c(nc3n2CCCCCCN3)n(C)c1=O. The van der Waals surface area contributed by atoms with E-state index < -0.39 is 0 Å². The van der Waals surface area contributed by atoms with E-state index in [4.69, 9.17) is 0 Å². The van der Waals surface area contributed by atoms with Crippen molar-refractivity contribution >= 4 is 17.1 Å². The summed E-state index contributed by atoms with van der Waals surface area (Å²) in [7, 11) is 3.16.